The highest BCUT2D eigenvalue weighted by molar-refractivity contribution is 14.1. The molecule has 0 saturated carbocycles. The van der Waals surface area contributed by atoms with Crippen molar-refractivity contribution in [3.05, 3.63) is 71.8 Å². The number of rotatable bonds is 8. The fourth-order valence-corrected chi connectivity index (χ4v) is 2.60. The second-order valence-corrected chi connectivity index (χ2v) is 7.51. The Bertz CT molecular complexity index is 942. The van der Waals surface area contributed by atoms with Crippen molar-refractivity contribution in [2.24, 2.45) is 10.7 Å². The van der Waals surface area contributed by atoms with E-state index in [4.69, 9.17) is 18.6 Å². The average molecular weight is 610 g/mol. The molecule has 0 aromatic heterocycles. The van der Waals surface area contributed by atoms with Gasteiger partial charge in [-0.05, 0) is 6.42 Å². The Balaban J connectivity index is 0. The van der Waals surface area contributed by atoms with Crippen LogP contribution in [0.3, 0.4) is 0 Å². The Morgan fingerprint density at radius 1 is 1.06 bits per heavy atom. The van der Waals surface area contributed by atoms with Gasteiger partial charge in [-0.2, -0.15) is 0 Å². The number of terminal acetylenes is 2. The summed E-state index contributed by atoms with van der Waals surface area (Å²) in [5.41, 5.74) is 8.04. The number of carbonyl (C=O) groups excluding carboxylic acids is 3. The molecule has 6 nitrogen and oxygen atoms in total. The molecule has 0 aliphatic heterocycles. The highest BCUT2D eigenvalue weighted by Crippen LogP contribution is 2.10. The normalized spacial score (nSPS) is 9.51. The number of hydrogen-bond donors (Lipinski definition) is 1. The van der Waals surface area contributed by atoms with Gasteiger partial charge in [0.2, 0.25) is 6.54 Å². The summed E-state index contributed by atoms with van der Waals surface area (Å²) in [5, 5.41) is 0. The average Bonchev–Trinajstić information content (AvgIpc) is 2.89. The molecule has 186 valence electrons. The van der Waals surface area contributed by atoms with Gasteiger partial charge in [0, 0.05) is 28.4 Å². The van der Waals surface area contributed by atoms with Crippen LogP contribution in [0.1, 0.15) is 30.4 Å². The molecule has 1 unspecified atom stereocenters. The van der Waals surface area contributed by atoms with Gasteiger partial charge in [-0.15, -0.1) is 37.1 Å². The number of nitrogens with two attached hydrogens (primary N) is 1. The van der Waals surface area contributed by atoms with E-state index in [-0.39, 0.29) is 19.0 Å². The molecule has 0 spiro atoms. The van der Waals surface area contributed by atoms with Gasteiger partial charge in [-0.1, -0.05) is 83.3 Å². The van der Waals surface area contributed by atoms with Gasteiger partial charge in [0.1, 0.15) is 6.04 Å². The molecule has 2 aromatic rings. The Labute approximate surface area is 228 Å². The quantitative estimate of drug-likeness (QED) is 0.121. The van der Waals surface area contributed by atoms with Crippen molar-refractivity contribution >= 4 is 59.4 Å². The van der Waals surface area contributed by atoms with E-state index in [9.17, 15) is 9.59 Å². The molecular weight excluding hydrogens is 579 g/mol. The largest absolute Gasteiger partial charge is 0.600 e. The first-order valence-electron chi connectivity index (χ1n) is 10.3. The maximum absolute atomic E-state index is 11.2. The summed E-state index contributed by atoms with van der Waals surface area (Å²) in [4.78, 5) is 26.1. The summed E-state index contributed by atoms with van der Waals surface area (Å²) in [6.45, 7) is 3.05. The third-order valence-corrected chi connectivity index (χ3v) is 4.50. The summed E-state index contributed by atoms with van der Waals surface area (Å²) in [7, 11) is 1.30. The molecule has 0 fully saturated rings. The fraction of sp³-hybridized carbons (Fsp3) is 0.259. The van der Waals surface area contributed by atoms with Gasteiger partial charge in [0.25, 0.3) is 0 Å². The van der Waals surface area contributed by atoms with Crippen LogP contribution in [0.4, 0.5) is 0 Å². The number of benzene rings is 2. The number of hydrogen-bond acceptors (Lipinski definition) is 5. The predicted octanol–water partition coefficient (Wildman–Crippen LogP) is 4.18. The monoisotopic (exact) mass is 609 g/mol. The van der Waals surface area contributed by atoms with E-state index in [2.05, 4.69) is 55.4 Å². The summed E-state index contributed by atoms with van der Waals surface area (Å²) < 4.78 is 9.83. The minimum atomic E-state index is -0.568. The molecule has 0 aliphatic carbocycles. The van der Waals surface area contributed by atoms with Gasteiger partial charge >= 0.3 is 11.9 Å². The molecule has 0 radical (unpaired) electrons. The van der Waals surface area contributed by atoms with Crippen molar-refractivity contribution in [3.63, 3.8) is 0 Å². The number of carbonyl (C=O) groups is 2. The number of alkyl halides is 1. The zero-order chi connectivity index (χ0) is 25.6. The molecule has 2 N–H and O–H groups in total. The van der Waals surface area contributed by atoms with Gasteiger partial charge in [0.15, 0.2) is 6.79 Å². The maximum atomic E-state index is 11.2. The minimum absolute atomic E-state index is 0. The van der Waals surface area contributed by atoms with E-state index in [0.29, 0.717) is 12.8 Å². The van der Waals surface area contributed by atoms with E-state index in [0.717, 1.165) is 27.7 Å². The van der Waals surface area contributed by atoms with Crippen molar-refractivity contribution in [1.82, 2.24) is 0 Å². The van der Waals surface area contributed by atoms with Gasteiger partial charge in [-0.25, -0.2) is 0 Å². The van der Waals surface area contributed by atoms with Crippen molar-refractivity contribution in [3.8, 4) is 24.7 Å². The van der Waals surface area contributed by atoms with Crippen LogP contribution in [0.2, 0.25) is 0 Å². The second kappa shape index (κ2) is 22.8. The molecule has 8 heteroatoms. The van der Waals surface area contributed by atoms with Gasteiger partial charge in [0.05, 0.1) is 17.6 Å². The lowest BCUT2D eigenvalue weighted by Crippen LogP contribution is -2.31. The molecule has 2 aromatic carbocycles. The summed E-state index contributed by atoms with van der Waals surface area (Å²) >= 11 is 2.24. The Kier molecular flexibility index (Phi) is 22.3. The van der Waals surface area contributed by atoms with Gasteiger partial charge in [-0.3, -0.25) is 14.2 Å². The van der Waals surface area contributed by atoms with Crippen LogP contribution in [0.15, 0.2) is 65.7 Å². The van der Waals surface area contributed by atoms with Crippen LogP contribution >= 0.6 is 35.0 Å². The Morgan fingerprint density at radius 2 is 1.54 bits per heavy atom. The van der Waals surface area contributed by atoms with Crippen molar-refractivity contribution < 1.29 is 18.8 Å². The summed E-state index contributed by atoms with van der Waals surface area (Å²) in [6, 6.07) is 18.9. The van der Waals surface area contributed by atoms with Crippen molar-refractivity contribution in [2.75, 3.05) is 18.1 Å². The third-order valence-electron chi connectivity index (χ3n) is 3.96. The van der Waals surface area contributed by atoms with E-state index in [1.165, 1.54) is 7.11 Å². The lowest BCUT2D eigenvalue weighted by Gasteiger charge is -2.05. The van der Waals surface area contributed by atoms with Crippen LogP contribution in [-0.4, -0.2) is 48.6 Å². The van der Waals surface area contributed by atoms with Crippen LogP contribution in [0, 0.1) is 24.7 Å². The number of halogens is 2. The fourth-order valence-electron chi connectivity index (χ4n) is 2.29. The smallest absolute Gasteiger partial charge is 0.468 e. The van der Waals surface area contributed by atoms with Crippen LogP contribution in [0.5, 0.6) is 0 Å². The summed E-state index contributed by atoms with van der Waals surface area (Å²) in [6.07, 6.45) is 11.7. The molecule has 0 amide bonds. The molecule has 0 aliphatic rings. The highest BCUT2D eigenvalue weighted by Gasteiger charge is 2.13. The lowest BCUT2D eigenvalue weighted by atomic mass is 10.0. The van der Waals surface area contributed by atoms with E-state index < -0.39 is 18.0 Å². The molecule has 1 atom stereocenters. The standard InChI is InChI=1S/C16H14NO2.C7H11NO2.C4H5I.ClH/c1-19-15(18)12-17-16(13-8-4-2-5-9-13)14-10-6-3-7-11-14;1-3-4-5-6(8)7(9)10-2;1-2-3-4-5;/h2-11H,1,12H2;1,6H,4-5,8H2,2H3;1H,3-4H2;1H/q+1;;;. The van der Waals surface area contributed by atoms with Crippen LogP contribution in [0.25, 0.3) is 0 Å². The van der Waals surface area contributed by atoms with E-state index in [1.807, 2.05) is 60.7 Å². The first-order valence-corrected chi connectivity index (χ1v) is 11.8. The summed E-state index contributed by atoms with van der Waals surface area (Å²) in [5.74, 6) is 4.04. The SMILES string of the molecule is C#CCCC(N)C(=O)OC.C#CCCI.C=[O+]C(=O)CN=C(c1ccccc1)c1ccccc1.Cl. The molecule has 35 heavy (non-hydrogen) atoms. The zero-order valence-corrected chi connectivity index (χ0v) is 22.7. The molecule has 0 heterocycles. The molecule has 2 rings (SSSR count). The van der Waals surface area contributed by atoms with Crippen molar-refractivity contribution in [2.45, 2.75) is 25.3 Å². The predicted molar refractivity (Wildman–Crippen MR) is 153 cm³/mol. The Hall–Kier alpha value is -2.98. The third kappa shape index (κ3) is 16.3. The lowest BCUT2D eigenvalue weighted by molar-refractivity contribution is -0.366. The maximum Gasteiger partial charge on any atom is 0.600 e. The number of nitrogens with zero attached hydrogens (tertiary/aromatic N) is 1. The number of ether oxygens (including phenoxy) is 1. The first kappa shape index (κ1) is 34.2. The Morgan fingerprint density at radius 3 is 1.89 bits per heavy atom. The van der Waals surface area contributed by atoms with E-state index in [1.54, 1.807) is 0 Å². The molecule has 0 bridgehead atoms. The van der Waals surface area contributed by atoms with Crippen LogP contribution < -0.4 is 5.73 Å². The second-order valence-electron chi connectivity index (χ2n) is 6.43. The van der Waals surface area contributed by atoms with Crippen molar-refractivity contribution in [1.29, 1.82) is 0 Å². The number of methoxy groups -OCH3 is 1. The van der Waals surface area contributed by atoms with Crippen LogP contribution in [-0.2, 0) is 18.8 Å². The minimum Gasteiger partial charge on any atom is -0.468 e. The number of aliphatic imine (C=N–C) groups is 1. The molecular formula is C27H31ClIN2O4+. The van der Waals surface area contributed by atoms with E-state index >= 15 is 0 Å². The highest BCUT2D eigenvalue weighted by atomic mass is 127. The molecule has 0 saturated heterocycles. The zero-order valence-electron chi connectivity index (χ0n) is 19.7. The topological polar surface area (TPSA) is 93.0 Å². The first-order chi connectivity index (χ1) is 16.4. The van der Waals surface area contributed by atoms with Gasteiger partial charge < -0.3 is 10.5 Å². The number of esters is 1.